The van der Waals surface area contributed by atoms with Crippen molar-refractivity contribution in [3.8, 4) is 0 Å². The van der Waals surface area contributed by atoms with Crippen molar-refractivity contribution < 1.29 is 4.79 Å². The molecule has 2 unspecified atom stereocenters. The maximum atomic E-state index is 12.0. The lowest BCUT2D eigenvalue weighted by molar-refractivity contribution is 0.244. The highest BCUT2D eigenvalue weighted by atomic mass is 35.5. The van der Waals surface area contributed by atoms with Gasteiger partial charge in [0.25, 0.3) is 0 Å². The van der Waals surface area contributed by atoms with Crippen LogP contribution in [-0.4, -0.2) is 26.8 Å². The summed E-state index contributed by atoms with van der Waals surface area (Å²) in [5.41, 5.74) is 1.62. The van der Waals surface area contributed by atoms with Gasteiger partial charge in [-0.25, -0.2) is 14.5 Å². The van der Waals surface area contributed by atoms with Gasteiger partial charge in [0, 0.05) is 16.8 Å². The molecule has 1 heterocycles. The van der Waals surface area contributed by atoms with Gasteiger partial charge in [0.2, 0.25) is 0 Å². The van der Waals surface area contributed by atoms with Crippen molar-refractivity contribution in [3.63, 3.8) is 0 Å². The summed E-state index contributed by atoms with van der Waals surface area (Å²) in [5, 5.41) is 10.3. The number of aromatic nitrogens is 3. The zero-order valence-electron chi connectivity index (χ0n) is 12.2. The Labute approximate surface area is 128 Å². The molecular formula is C14H18ClN5O. The molecule has 21 heavy (non-hydrogen) atoms. The molecule has 6 nitrogen and oxygen atoms in total. The van der Waals surface area contributed by atoms with Crippen LogP contribution in [0.3, 0.4) is 0 Å². The van der Waals surface area contributed by atoms with Gasteiger partial charge in [0.15, 0.2) is 0 Å². The van der Waals surface area contributed by atoms with Gasteiger partial charge in [-0.05, 0) is 38.5 Å². The fraction of sp³-hybridized carbons (Fsp3) is 0.357. The van der Waals surface area contributed by atoms with Crippen molar-refractivity contribution in [2.45, 2.75) is 32.9 Å². The summed E-state index contributed by atoms with van der Waals surface area (Å²) in [4.78, 5) is 15.9. The predicted molar refractivity (Wildman–Crippen MR) is 82.5 cm³/mol. The molecule has 0 saturated heterocycles. The van der Waals surface area contributed by atoms with E-state index < -0.39 is 0 Å². The number of urea groups is 1. The molecule has 112 valence electrons. The number of hydrogen-bond donors (Lipinski definition) is 2. The number of benzene rings is 1. The van der Waals surface area contributed by atoms with Crippen molar-refractivity contribution in [1.29, 1.82) is 0 Å². The van der Waals surface area contributed by atoms with Crippen molar-refractivity contribution in [2.75, 3.05) is 5.32 Å². The van der Waals surface area contributed by atoms with Crippen LogP contribution in [0.2, 0.25) is 5.02 Å². The normalized spacial score (nSPS) is 13.5. The fourth-order valence-corrected chi connectivity index (χ4v) is 2.00. The lowest BCUT2D eigenvalue weighted by atomic mass is 10.2. The van der Waals surface area contributed by atoms with Crippen LogP contribution in [-0.2, 0) is 0 Å². The third-order valence-corrected chi connectivity index (χ3v) is 3.77. The third kappa shape index (κ3) is 3.95. The van der Waals surface area contributed by atoms with Crippen molar-refractivity contribution in [1.82, 2.24) is 20.1 Å². The van der Waals surface area contributed by atoms with E-state index >= 15 is 0 Å². The first kappa shape index (κ1) is 15.3. The Bertz CT molecular complexity index is 614. The van der Waals surface area contributed by atoms with Crippen LogP contribution in [0.5, 0.6) is 0 Å². The molecule has 2 amide bonds. The monoisotopic (exact) mass is 307 g/mol. The lowest BCUT2D eigenvalue weighted by Crippen LogP contribution is -2.40. The Morgan fingerprint density at radius 1 is 1.38 bits per heavy atom. The molecule has 2 rings (SSSR count). The molecule has 0 spiro atoms. The number of nitrogens with one attached hydrogen (secondary N) is 2. The molecular weight excluding hydrogens is 290 g/mol. The smallest absolute Gasteiger partial charge is 0.319 e. The standard InChI is InChI=1S/C14H18ClN5O/c1-9-4-5-12(6-13(9)15)19-14(21)18-10(2)11(3)20-8-16-7-17-20/h4-8,10-11H,1-3H3,(H2,18,19,21). The Morgan fingerprint density at radius 2 is 2.14 bits per heavy atom. The molecule has 0 saturated carbocycles. The van der Waals surface area contributed by atoms with Crippen molar-refractivity contribution in [3.05, 3.63) is 41.4 Å². The topological polar surface area (TPSA) is 71.8 Å². The second-order valence-corrected chi connectivity index (χ2v) is 5.37. The molecule has 1 aromatic heterocycles. The van der Waals surface area contributed by atoms with Crippen molar-refractivity contribution >= 4 is 23.3 Å². The Balaban J connectivity index is 1.93. The zero-order valence-corrected chi connectivity index (χ0v) is 12.9. The number of carbonyl (C=O) groups is 1. The fourth-order valence-electron chi connectivity index (χ4n) is 1.82. The second kappa shape index (κ2) is 6.58. The molecule has 2 aromatic rings. The highest BCUT2D eigenvalue weighted by Crippen LogP contribution is 2.20. The number of amides is 2. The lowest BCUT2D eigenvalue weighted by Gasteiger charge is -2.21. The van der Waals surface area contributed by atoms with Crippen LogP contribution in [0, 0.1) is 6.92 Å². The van der Waals surface area contributed by atoms with E-state index in [4.69, 9.17) is 11.6 Å². The molecule has 0 fully saturated rings. The summed E-state index contributed by atoms with van der Waals surface area (Å²) >= 11 is 6.03. The van der Waals surface area contributed by atoms with E-state index in [-0.39, 0.29) is 18.1 Å². The minimum absolute atomic E-state index is 0.000134. The molecule has 2 N–H and O–H groups in total. The van der Waals surface area contributed by atoms with Gasteiger partial charge in [-0.1, -0.05) is 17.7 Å². The Morgan fingerprint density at radius 3 is 2.76 bits per heavy atom. The summed E-state index contributed by atoms with van der Waals surface area (Å²) < 4.78 is 1.70. The van der Waals surface area contributed by atoms with E-state index in [1.807, 2.05) is 32.9 Å². The van der Waals surface area contributed by atoms with Crippen LogP contribution in [0.1, 0.15) is 25.5 Å². The van der Waals surface area contributed by atoms with Crippen LogP contribution >= 0.6 is 11.6 Å². The van der Waals surface area contributed by atoms with Gasteiger partial charge >= 0.3 is 6.03 Å². The molecule has 1 aromatic carbocycles. The van der Waals surface area contributed by atoms with Gasteiger partial charge in [0.1, 0.15) is 12.7 Å². The number of rotatable bonds is 4. The highest BCUT2D eigenvalue weighted by molar-refractivity contribution is 6.31. The molecule has 0 radical (unpaired) electrons. The number of anilines is 1. The summed E-state index contributed by atoms with van der Waals surface area (Å²) in [6.07, 6.45) is 3.10. The number of aryl methyl sites for hydroxylation is 1. The number of hydrogen-bond acceptors (Lipinski definition) is 3. The largest absolute Gasteiger partial charge is 0.333 e. The van der Waals surface area contributed by atoms with Crippen LogP contribution in [0.4, 0.5) is 10.5 Å². The summed E-state index contributed by atoms with van der Waals surface area (Å²) in [6, 6.07) is 5.01. The van der Waals surface area contributed by atoms with E-state index in [1.54, 1.807) is 17.1 Å². The maximum absolute atomic E-state index is 12.0. The summed E-state index contributed by atoms with van der Waals surface area (Å²) in [5.74, 6) is 0. The molecule has 0 aliphatic carbocycles. The SMILES string of the molecule is Cc1ccc(NC(=O)NC(C)C(C)n2cncn2)cc1Cl. The summed E-state index contributed by atoms with van der Waals surface area (Å²) in [7, 11) is 0. The van der Waals surface area contributed by atoms with Gasteiger partial charge in [-0.2, -0.15) is 5.10 Å². The van der Waals surface area contributed by atoms with Crippen LogP contribution in [0.15, 0.2) is 30.9 Å². The average molecular weight is 308 g/mol. The van der Waals surface area contributed by atoms with E-state index in [0.29, 0.717) is 10.7 Å². The molecule has 7 heteroatoms. The summed E-state index contributed by atoms with van der Waals surface area (Å²) in [6.45, 7) is 5.78. The van der Waals surface area contributed by atoms with E-state index in [1.165, 1.54) is 6.33 Å². The number of halogens is 1. The van der Waals surface area contributed by atoms with E-state index in [0.717, 1.165) is 5.56 Å². The van der Waals surface area contributed by atoms with Crippen LogP contribution in [0.25, 0.3) is 0 Å². The first-order chi connectivity index (χ1) is 9.97. The predicted octanol–water partition coefficient (Wildman–Crippen LogP) is 3.01. The first-order valence-corrected chi connectivity index (χ1v) is 7.03. The second-order valence-electron chi connectivity index (χ2n) is 4.97. The van der Waals surface area contributed by atoms with Crippen molar-refractivity contribution in [2.24, 2.45) is 0 Å². The number of carbonyl (C=O) groups excluding carboxylic acids is 1. The molecule has 0 aliphatic rings. The van der Waals surface area contributed by atoms with Gasteiger partial charge in [-0.15, -0.1) is 0 Å². The molecule has 2 atom stereocenters. The molecule has 0 bridgehead atoms. The molecule has 0 aliphatic heterocycles. The first-order valence-electron chi connectivity index (χ1n) is 6.65. The number of nitrogens with zero attached hydrogens (tertiary/aromatic N) is 3. The average Bonchev–Trinajstić information content (AvgIpc) is 2.96. The maximum Gasteiger partial charge on any atom is 0.319 e. The quantitative estimate of drug-likeness (QED) is 0.912. The zero-order chi connectivity index (χ0) is 15.4. The minimum Gasteiger partial charge on any atom is -0.333 e. The third-order valence-electron chi connectivity index (χ3n) is 3.37. The minimum atomic E-state index is -0.283. The Hall–Kier alpha value is -2.08. The van der Waals surface area contributed by atoms with Gasteiger partial charge < -0.3 is 10.6 Å². The van der Waals surface area contributed by atoms with Gasteiger partial charge in [-0.3, -0.25) is 0 Å². The van der Waals surface area contributed by atoms with Crippen LogP contribution < -0.4 is 10.6 Å². The highest BCUT2D eigenvalue weighted by Gasteiger charge is 2.16. The van der Waals surface area contributed by atoms with E-state index in [9.17, 15) is 4.79 Å². The van der Waals surface area contributed by atoms with Gasteiger partial charge in [0.05, 0.1) is 6.04 Å². The Kier molecular flexibility index (Phi) is 4.80. The van der Waals surface area contributed by atoms with E-state index in [2.05, 4.69) is 20.7 Å².